The maximum atomic E-state index is 5.80. The first-order valence-corrected chi connectivity index (χ1v) is 10.8. The van der Waals surface area contributed by atoms with Gasteiger partial charge in [-0.3, -0.25) is 0 Å². The average molecular weight is 375 g/mol. The number of unbranched alkanes of at least 4 members (excludes halogenated alkanes) is 5. The second-order valence-corrected chi connectivity index (χ2v) is 9.00. The molecule has 4 heteroatoms. The minimum Gasteiger partial charge on any atom is -0.228 e. The fourth-order valence-corrected chi connectivity index (χ4v) is 3.01. The van der Waals surface area contributed by atoms with Crippen molar-refractivity contribution in [1.82, 2.24) is 0 Å². The van der Waals surface area contributed by atoms with Gasteiger partial charge < -0.3 is 0 Å². The van der Waals surface area contributed by atoms with Gasteiger partial charge in [0.15, 0.2) is 0 Å². The van der Waals surface area contributed by atoms with Gasteiger partial charge >= 0.3 is 0 Å². The number of rotatable bonds is 17. The van der Waals surface area contributed by atoms with E-state index in [0.29, 0.717) is 0 Å². The van der Waals surface area contributed by atoms with Crippen LogP contribution in [0.4, 0.5) is 0 Å². The average Bonchev–Trinajstić information content (AvgIpc) is 2.55. The first-order chi connectivity index (χ1) is 12.1. The summed E-state index contributed by atoms with van der Waals surface area (Å²) >= 11 is 0. The minimum atomic E-state index is -0.888. The molecule has 26 heavy (non-hydrogen) atoms. The Kier molecular flexibility index (Phi) is 13.0. The largest absolute Gasteiger partial charge is 0.231 e. The van der Waals surface area contributed by atoms with Crippen LogP contribution in [0.3, 0.4) is 0 Å². The van der Waals surface area contributed by atoms with Gasteiger partial charge in [-0.05, 0) is 53.9 Å². The molecule has 4 nitrogen and oxygen atoms in total. The van der Waals surface area contributed by atoms with E-state index in [1.807, 2.05) is 34.6 Å². The number of hydrogen-bond donors (Lipinski definition) is 0. The third-order valence-electron chi connectivity index (χ3n) is 4.58. The molecule has 0 saturated heterocycles. The van der Waals surface area contributed by atoms with Crippen molar-refractivity contribution in [2.75, 3.05) is 0 Å². The molecule has 0 atom stereocenters. The van der Waals surface area contributed by atoms with Crippen LogP contribution in [0.15, 0.2) is 0 Å². The molecule has 0 aromatic carbocycles. The van der Waals surface area contributed by atoms with Crippen LogP contribution in [-0.4, -0.2) is 17.0 Å². The lowest BCUT2D eigenvalue weighted by molar-refractivity contribution is -0.540. The molecule has 0 fully saturated rings. The SMILES string of the molecule is CCCCCCCCC(C)(OOC(C)(C)CCC)OOC(C)(C)CCC. The molecule has 0 aromatic rings. The van der Waals surface area contributed by atoms with Gasteiger partial charge in [0.1, 0.15) is 0 Å². The van der Waals surface area contributed by atoms with Crippen molar-refractivity contribution in [2.24, 2.45) is 0 Å². The Labute approximate surface area is 163 Å². The van der Waals surface area contributed by atoms with E-state index >= 15 is 0 Å². The van der Waals surface area contributed by atoms with Gasteiger partial charge in [-0.2, -0.15) is 9.78 Å². The van der Waals surface area contributed by atoms with Crippen molar-refractivity contribution < 1.29 is 19.6 Å². The zero-order valence-corrected chi connectivity index (χ0v) is 18.9. The Morgan fingerprint density at radius 2 is 0.885 bits per heavy atom. The zero-order chi connectivity index (χ0) is 20.1. The highest BCUT2D eigenvalue weighted by molar-refractivity contribution is 4.68. The topological polar surface area (TPSA) is 36.9 Å². The van der Waals surface area contributed by atoms with Gasteiger partial charge in [-0.1, -0.05) is 65.7 Å². The standard InChI is InChI=1S/C22H46O4/c1-9-12-13-14-15-16-19-22(8,25-23-20(4,5)17-10-2)26-24-21(6,7)18-11-3/h9-19H2,1-8H3. The smallest absolute Gasteiger partial charge is 0.228 e. The Balaban J connectivity index is 4.63. The van der Waals surface area contributed by atoms with E-state index in [1.54, 1.807) is 0 Å². The summed E-state index contributed by atoms with van der Waals surface area (Å²) in [7, 11) is 0. The molecule has 0 aromatic heterocycles. The van der Waals surface area contributed by atoms with Crippen LogP contribution in [0.5, 0.6) is 0 Å². The Bertz CT molecular complexity index is 317. The Hall–Kier alpha value is -0.160. The van der Waals surface area contributed by atoms with E-state index in [2.05, 4.69) is 20.8 Å². The van der Waals surface area contributed by atoms with Crippen LogP contribution in [0.1, 0.15) is 126 Å². The fourth-order valence-electron chi connectivity index (χ4n) is 3.01. The summed E-state index contributed by atoms with van der Waals surface area (Å²) in [6.07, 6.45) is 12.1. The van der Waals surface area contributed by atoms with E-state index in [-0.39, 0.29) is 11.2 Å². The highest BCUT2D eigenvalue weighted by atomic mass is 17.3. The van der Waals surface area contributed by atoms with Crippen molar-refractivity contribution in [3.63, 3.8) is 0 Å². The third kappa shape index (κ3) is 13.1. The van der Waals surface area contributed by atoms with Crippen molar-refractivity contribution in [3.8, 4) is 0 Å². The molecule has 0 saturated carbocycles. The molecular formula is C22H46O4. The summed E-state index contributed by atoms with van der Waals surface area (Å²) in [4.78, 5) is 23.1. The lowest BCUT2D eigenvalue weighted by Crippen LogP contribution is -2.40. The van der Waals surface area contributed by atoms with Crippen LogP contribution in [0.25, 0.3) is 0 Å². The van der Waals surface area contributed by atoms with Gasteiger partial charge in [0, 0.05) is 6.42 Å². The van der Waals surface area contributed by atoms with Gasteiger partial charge in [-0.25, -0.2) is 9.78 Å². The molecule has 0 rings (SSSR count). The molecule has 0 heterocycles. The molecule has 0 N–H and O–H groups in total. The summed E-state index contributed by atoms with van der Waals surface area (Å²) in [5, 5.41) is 0. The second-order valence-electron chi connectivity index (χ2n) is 9.00. The van der Waals surface area contributed by atoms with Crippen molar-refractivity contribution in [3.05, 3.63) is 0 Å². The molecular weight excluding hydrogens is 328 g/mol. The lowest BCUT2D eigenvalue weighted by Gasteiger charge is -2.34. The summed E-state index contributed by atoms with van der Waals surface area (Å²) in [5.41, 5.74) is -0.668. The van der Waals surface area contributed by atoms with Gasteiger partial charge in [0.2, 0.25) is 5.79 Å². The molecule has 0 radical (unpaired) electrons. The second kappa shape index (κ2) is 13.1. The summed E-state index contributed by atoms with van der Waals surface area (Å²) in [5.74, 6) is -0.888. The van der Waals surface area contributed by atoms with Crippen molar-refractivity contribution >= 4 is 0 Å². The van der Waals surface area contributed by atoms with E-state index in [1.165, 1.54) is 32.1 Å². The quantitative estimate of drug-likeness (QED) is 0.114. The fraction of sp³-hybridized carbons (Fsp3) is 1.00. The maximum Gasteiger partial charge on any atom is 0.231 e. The van der Waals surface area contributed by atoms with Crippen LogP contribution < -0.4 is 0 Å². The first-order valence-electron chi connectivity index (χ1n) is 10.8. The minimum absolute atomic E-state index is 0.334. The number of hydrogen-bond acceptors (Lipinski definition) is 4. The lowest BCUT2D eigenvalue weighted by atomic mass is 10.0. The van der Waals surface area contributed by atoms with Crippen molar-refractivity contribution in [2.45, 2.75) is 143 Å². The molecule has 158 valence electrons. The third-order valence-corrected chi connectivity index (χ3v) is 4.58. The van der Waals surface area contributed by atoms with Crippen LogP contribution >= 0.6 is 0 Å². The van der Waals surface area contributed by atoms with Gasteiger partial charge in [0.25, 0.3) is 0 Å². The molecule has 0 bridgehead atoms. The van der Waals surface area contributed by atoms with Crippen molar-refractivity contribution in [1.29, 1.82) is 0 Å². The predicted octanol–water partition coefficient (Wildman–Crippen LogP) is 7.51. The zero-order valence-electron chi connectivity index (χ0n) is 18.9. The van der Waals surface area contributed by atoms with E-state index in [0.717, 1.165) is 38.5 Å². The van der Waals surface area contributed by atoms with Crippen LogP contribution in [0, 0.1) is 0 Å². The first kappa shape index (κ1) is 25.8. The summed E-state index contributed by atoms with van der Waals surface area (Å²) in [6, 6.07) is 0. The molecule has 0 unspecified atom stereocenters. The molecule has 0 aliphatic carbocycles. The van der Waals surface area contributed by atoms with Gasteiger partial charge in [0.05, 0.1) is 11.2 Å². The highest BCUT2D eigenvalue weighted by Crippen LogP contribution is 2.29. The van der Waals surface area contributed by atoms with E-state index in [4.69, 9.17) is 19.6 Å². The monoisotopic (exact) mass is 374 g/mol. The normalized spacial score (nSPS) is 13.4. The summed E-state index contributed by atoms with van der Waals surface area (Å²) < 4.78 is 0. The van der Waals surface area contributed by atoms with Crippen LogP contribution in [0.2, 0.25) is 0 Å². The Morgan fingerprint density at radius 1 is 0.462 bits per heavy atom. The molecule has 0 aliphatic heterocycles. The predicted molar refractivity (Wildman–Crippen MR) is 109 cm³/mol. The Morgan fingerprint density at radius 3 is 1.31 bits per heavy atom. The summed E-state index contributed by atoms with van der Waals surface area (Å²) in [6.45, 7) is 16.6. The van der Waals surface area contributed by atoms with E-state index < -0.39 is 5.79 Å². The van der Waals surface area contributed by atoms with E-state index in [9.17, 15) is 0 Å². The molecule has 0 amide bonds. The van der Waals surface area contributed by atoms with Gasteiger partial charge in [-0.15, -0.1) is 0 Å². The molecule has 0 spiro atoms. The highest BCUT2D eigenvalue weighted by Gasteiger charge is 2.34. The van der Waals surface area contributed by atoms with Crippen LogP contribution in [-0.2, 0) is 19.6 Å². The maximum absolute atomic E-state index is 5.80. The molecule has 0 aliphatic rings.